The minimum atomic E-state index is -3.64. The summed E-state index contributed by atoms with van der Waals surface area (Å²) in [7, 11) is -3.64. The summed E-state index contributed by atoms with van der Waals surface area (Å²) in [6, 6.07) is 13.8. The molecule has 150 valence electrons. The lowest BCUT2D eigenvalue weighted by molar-refractivity contribution is 0.0949. The Morgan fingerprint density at radius 2 is 1.71 bits per heavy atom. The standard InChI is InChI=1S/C22H28N2O3S/c1-5-14-24(28(26,27)21-12-6-18(4)7-13-21)16-19-8-10-20(11-9-19)22(25)23-15-17(2)3/h5-13,17H,1,14-16H2,2-4H3,(H,23,25). The van der Waals surface area contributed by atoms with Gasteiger partial charge in [0.15, 0.2) is 0 Å². The van der Waals surface area contributed by atoms with Gasteiger partial charge in [-0.15, -0.1) is 6.58 Å². The fourth-order valence-electron chi connectivity index (χ4n) is 2.62. The smallest absolute Gasteiger partial charge is 0.251 e. The first-order valence-corrected chi connectivity index (χ1v) is 10.7. The van der Waals surface area contributed by atoms with Gasteiger partial charge in [-0.2, -0.15) is 4.31 Å². The maximum absolute atomic E-state index is 13.0. The van der Waals surface area contributed by atoms with Crippen molar-refractivity contribution in [2.45, 2.75) is 32.2 Å². The number of sulfonamides is 1. The Morgan fingerprint density at radius 1 is 1.11 bits per heavy atom. The number of hydrogen-bond donors (Lipinski definition) is 1. The molecule has 0 aromatic heterocycles. The number of benzene rings is 2. The van der Waals surface area contributed by atoms with Gasteiger partial charge in [-0.3, -0.25) is 4.79 Å². The molecule has 0 spiro atoms. The molecule has 28 heavy (non-hydrogen) atoms. The molecule has 0 heterocycles. The molecule has 0 aliphatic carbocycles. The second-order valence-corrected chi connectivity index (χ2v) is 9.14. The minimum Gasteiger partial charge on any atom is -0.352 e. The molecule has 2 aromatic carbocycles. The number of nitrogens with zero attached hydrogens (tertiary/aromatic N) is 1. The van der Waals surface area contributed by atoms with E-state index in [2.05, 4.69) is 11.9 Å². The van der Waals surface area contributed by atoms with Crippen LogP contribution in [0.5, 0.6) is 0 Å². The Kier molecular flexibility index (Phi) is 7.54. The third-order valence-corrected chi connectivity index (χ3v) is 6.06. The SMILES string of the molecule is C=CCN(Cc1ccc(C(=O)NCC(C)C)cc1)S(=O)(=O)c1ccc(C)cc1. The van der Waals surface area contributed by atoms with E-state index in [1.54, 1.807) is 54.6 Å². The largest absolute Gasteiger partial charge is 0.352 e. The van der Waals surface area contributed by atoms with Crippen LogP contribution in [0.15, 0.2) is 66.1 Å². The number of hydrogen-bond acceptors (Lipinski definition) is 3. The number of nitrogens with one attached hydrogen (secondary N) is 1. The Balaban J connectivity index is 2.16. The summed E-state index contributed by atoms with van der Waals surface area (Å²) in [4.78, 5) is 12.4. The van der Waals surface area contributed by atoms with E-state index < -0.39 is 10.0 Å². The van der Waals surface area contributed by atoms with E-state index in [1.165, 1.54) is 4.31 Å². The fourth-order valence-corrected chi connectivity index (χ4v) is 4.01. The van der Waals surface area contributed by atoms with Crippen molar-refractivity contribution in [3.05, 3.63) is 77.9 Å². The van der Waals surface area contributed by atoms with Gasteiger partial charge in [0.25, 0.3) is 5.91 Å². The molecule has 1 N–H and O–H groups in total. The van der Waals surface area contributed by atoms with Crippen molar-refractivity contribution in [3.8, 4) is 0 Å². The molecule has 0 aliphatic rings. The predicted molar refractivity (Wildman–Crippen MR) is 113 cm³/mol. The lowest BCUT2D eigenvalue weighted by atomic mass is 10.1. The molecule has 0 fully saturated rings. The van der Waals surface area contributed by atoms with Crippen LogP contribution in [0.4, 0.5) is 0 Å². The highest BCUT2D eigenvalue weighted by atomic mass is 32.2. The average molecular weight is 401 g/mol. The highest BCUT2D eigenvalue weighted by molar-refractivity contribution is 7.89. The summed E-state index contributed by atoms with van der Waals surface area (Å²) in [5.41, 5.74) is 2.36. The molecule has 0 radical (unpaired) electrons. The molecule has 0 unspecified atom stereocenters. The summed E-state index contributed by atoms with van der Waals surface area (Å²) in [5.74, 6) is 0.248. The summed E-state index contributed by atoms with van der Waals surface area (Å²) >= 11 is 0. The number of amides is 1. The molecule has 1 amide bonds. The molecule has 0 saturated heterocycles. The van der Waals surface area contributed by atoms with Crippen molar-refractivity contribution >= 4 is 15.9 Å². The first-order valence-electron chi connectivity index (χ1n) is 9.29. The van der Waals surface area contributed by atoms with Gasteiger partial charge in [0, 0.05) is 25.2 Å². The van der Waals surface area contributed by atoms with E-state index in [1.807, 2.05) is 20.8 Å². The molecule has 2 rings (SSSR count). The molecule has 0 atom stereocenters. The molecule has 0 saturated carbocycles. The number of carbonyl (C=O) groups excluding carboxylic acids is 1. The lowest BCUT2D eigenvalue weighted by Gasteiger charge is -2.21. The first kappa shape index (κ1) is 21.9. The fraction of sp³-hybridized carbons (Fsp3) is 0.318. The Bertz CT molecular complexity index is 902. The van der Waals surface area contributed by atoms with E-state index in [4.69, 9.17) is 0 Å². The van der Waals surface area contributed by atoms with Crippen LogP contribution in [0.3, 0.4) is 0 Å². The molecular weight excluding hydrogens is 372 g/mol. The molecule has 5 nitrogen and oxygen atoms in total. The van der Waals surface area contributed by atoms with Crippen LogP contribution in [-0.2, 0) is 16.6 Å². The quantitative estimate of drug-likeness (QED) is 0.652. The maximum Gasteiger partial charge on any atom is 0.251 e. The Labute approximate surface area is 168 Å². The second-order valence-electron chi connectivity index (χ2n) is 7.20. The van der Waals surface area contributed by atoms with Crippen LogP contribution in [0, 0.1) is 12.8 Å². The van der Waals surface area contributed by atoms with E-state index >= 15 is 0 Å². The highest BCUT2D eigenvalue weighted by Crippen LogP contribution is 2.19. The van der Waals surface area contributed by atoms with Crippen LogP contribution in [0.25, 0.3) is 0 Å². The number of aryl methyl sites for hydroxylation is 1. The summed E-state index contributed by atoms with van der Waals surface area (Å²) in [5, 5.41) is 2.87. The summed E-state index contributed by atoms with van der Waals surface area (Å²) < 4.78 is 27.3. The van der Waals surface area contributed by atoms with Crippen LogP contribution < -0.4 is 5.32 Å². The van der Waals surface area contributed by atoms with E-state index in [0.29, 0.717) is 18.0 Å². The van der Waals surface area contributed by atoms with E-state index in [0.717, 1.165) is 11.1 Å². The number of carbonyl (C=O) groups is 1. The van der Waals surface area contributed by atoms with Crippen molar-refractivity contribution in [3.63, 3.8) is 0 Å². The highest BCUT2D eigenvalue weighted by Gasteiger charge is 2.23. The van der Waals surface area contributed by atoms with Gasteiger partial charge < -0.3 is 5.32 Å². The normalized spacial score (nSPS) is 11.6. The van der Waals surface area contributed by atoms with Gasteiger partial charge in [-0.25, -0.2) is 8.42 Å². The van der Waals surface area contributed by atoms with Crippen LogP contribution >= 0.6 is 0 Å². The van der Waals surface area contributed by atoms with Crippen molar-refractivity contribution < 1.29 is 13.2 Å². The number of rotatable bonds is 9. The van der Waals surface area contributed by atoms with Crippen LogP contribution in [0.2, 0.25) is 0 Å². The topological polar surface area (TPSA) is 66.5 Å². The molecule has 0 bridgehead atoms. The van der Waals surface area contributed by atoms with Gasteiger partial charge in [-0.05, 0) is 42.7 Å². The monoisotopic (exact) mass is 400 g/mol. The maximum atomic E-state index is 13.0. The average Bonchev–Trinajstić information content (AvgIpc) is 2.66. The summed E-state index contributed by atoms with van der Waals surface area (Å²) in [6.07, 6.45) is 1.57. The molecular formula is C22H28N2O3S. The lowest BCUT2D eigenvalue weighted by Crippen LogP contribution is -2.31. The zero-order valence-electron chi connectivity index (χ0n) is 16.7. The van der Waals surface area contributed by atoms with E-state index in [9.17, 15) is 13.2 Å². The van der Waals surface area contributed by atoms with Gasteiger partial charge in [0.05, 0.1) is 4.90 Å². The van der Waals surface area contributed by atoms with Crippen molar-refractivity contribution in [1.82, 2.24) is 9.62 Å². The minimum absolute atomic E-state index is 0.129. The zero-order valence-corrected chi connectivity index (χ0v) is 17.5. The van der Waals surface area contributed by atoms with Gasteiger partial charge >= 0.3 is 0 Å². The van der Waals surface area contributed by atoms with Gasteiger partial charge in [0.2, 0.25) is 10.0 Å². The third kappa shape index (κ3) is 5.78. The van der Waals surface area contributed by atoms with Crippen LogP contribution in [0.1, 0.15) is 35.3 Å². The Morgan fingerprint density at radius 3 is 2.25 bits per heavy atom. The van der Waals surface area contributed by atoms with E-state index in [-0.39, 0.29) is 23.9 Å². The molecule has 6 heteroatoms. The second kappa shape index (κ2) is 9.66. The zero-order chi connectivity index (χ0) is 20.7. The van der Waals surface area contributed by atoms with Gasteiger partial charge in [0.1, 0.15) is 0 Å². The Hall–Kier alpha value is -2.44. The third-order valence-electron chi connectivity index (χ3n) is 4.24. The van der Waals surface area contributed by atoms with Gasteiger partial charge in [-0.1, -0.05) is 49.8 Å². The van der Waals surface area contributed by atoms with Crippen molar-refractivity contribution in [2.75, 3.05) is 13.1 Å². The summed E-state index contributed by atoms with van der Waals surface area (Å²) in [6.45, 7) is 10.7. The first-order chi connectivity index (χ1) is 13.2. The molecule has 0 aliphatic heterocycles. The van der Waals surface area contributed by atoms with Crippen molar-refractivity contribution in [2.24, 2.45) is 5.92 Å². The van der Waals surface area contributed by atoms with Crippen LogP contribution in [-0.4, -0.2) is 31.7 Å². The van der Waals surface area contributed by atoms with Crippen molar-refractivity contribution in [1.29, 1.82) is 0 Å². The molecule has 2 aromatic rings. The predicted octanol–water partition coefficient (Wildman–Crippen LogP) is 3.76.